The minimum Gasteiger partial charge on any atom is -0.324 e. The Morgan fingerprint density at radius 2 is 2.00 bits per heavy atom. The number of pyridine rings is 1. The maximum atomic E-state index is 12.1. The van der Waals surface area contributed by atoms with Crippen molar-refractivity contribution in [2.45, 2.75) is 13.8 Å². The molecule has 1 heterocycles. The van der Waals surface area contributed by atoms with Crippen molar-refractivity contribution in [1.82, 2.24) is 4.98 Å². The second-order valence-corrected chi connectivity index (χ2v) is 5.25. The highest BCUT2D eigenvalue weighted by molar-refractivity contribution is 9.10. The molecule has 0 unspecified atom stereocenters. The number of hydrogen-bond donors (Lipinski definition) is 3. The first-order chi connectivity index (χ1) is 9.51. The Hall–Kier alpha value is -1.92. The molecule has 1 amide bonds. The summed E-state index contributed by atoms with van der Waals surface area (Å²) in [6.45, 7) is 3.75. The summed E-state index contributed by atoms with van der Waals surface area (Å²) >= 11 is 3.37. The molecule has 0 radical (unpaired) electrons. The Bertz CT molecular complexity index is 658. The SMILES string of the molecule is Cc1cc(C(=O)Nc2ccc(Br)c(C)n2)ccc1NN. The number of nitrogens with two attached hydrogens (primary N) is 1. The average molecular weight is 335 g/mol. The van der Waals surface area contributed by atoms with Crippen molar-refractivity contribution in [2.75, 3.05) is 10.7 Å². The third kappa shape index (κ3) is 3.15. The molecule has 0 aliphatic rings. The van der Waals surface area contributed by atoms with Gasteiger partial charge in [0.1, 0.15) is 5.82 Å². The van der Waals surface area contributed by atoms with Crippen molar-refractivity contribution in [3.8, 4) is 0 Å². The molecular weight excluding hydrogens is 320 g/mol. The lowest BCUT2D eigenvalue weighted by molar-refractivity contribution is 0.102. The summed E-state index contributed by atoms with van der Waals surface area (Å²) in [5.74, 6) is 5.69. The van der Waals surface area contributed by atoms with Crippen LogP contribution in [0.5, 0.6) is 0 Å². The van der Waals surface area contributed by atoms with Crippen LogP contribution in [0.15, 0.2) is 34.8 Å². The molecule has 6 heteroatoms. The van der Waals surface area contributed by atoms with E-state index in [1.165, 1.54) is 0 Å². The zero-order chi connectivity index (χ0) is 14.7. The van der Waals surface area contributed by atoms with Crippen LogP contribution in [0, 0.1) is 13.8 Å². The molecule has 0 spiro atoms. The Balaban J connectivity index is 2.19. The number of amides is 1. The van der Waals surface area contributed by atoms with Crippen LogP contribution in [0.25, 0.3) is 0 Å². The fourth-order valence-electron chi connectivity index (χ4n) is 1.77. The number of aromatic nitrogens is 1. The van der Waals surface area contributed by atoms with Gasteiger partial charge in [-0.3, -0.25) is 10.6 Å². The molecule has 104 valence electrons. The summed E-state index contributed by atoms with van der Waals surface area (Å²) in [7, 11) is 0. The minimum absolute atomic E-state index is 0.203. The third-order valence-corrected chi connectivity index (χ3v) is 3.75. The summed E-state index contributed by atoms with van der Waals surface area (Å²) in [5.41, 5.74) is 5.65. The largest absolute Gasteiger partial charge is 0.324 e. The first kappa shape index (κ1) is 14.5. The number of benzene rings is 1. The van der Waals surface area contributed by atoms with Gasteiger partial charge < -0.3 is 10.7 Å². The lowest BCUT2D eigenvalue weighted by atomic mass is 10.1. The monoisotopic (exact) mass is 334 g/mol. The number of hydrogen-bond acceptors (Lipinski definition) is 4. The normalized spacial score (nSPS) is 10.2. The molecule has 1 aromatic heterocycles. The van der Waals surface area contributed by atoms with Crippen molar-refractivity contribution in [3.63, 3.8) is 0 Å². The smallest absolute Gasteiger partial charge is 0.256 e. The Labute approximate surface area is 125 Å². The molecule has 0 bridgehead atoms. The highest BCUT2D eigenvalue weighted by Crippen LogP contribution is 2.18. The van der Waals surface area contributed by atoms with E-state index in [2.05, 4.69) is 31.7 Å². The molecule has 20 heavy (non-hydrogen) atoms. The quantitative estimate of drug-likeness (QED) is 0.595. The number of hydrazine groups is 1. The first-order valence-corrected chi connectivity index (χ1v) is 6.82. The summed E-state index contributed by atoms with van der Waals surface area (Å²) in [5, 5.41) is 2.77. The van der Waals surface area contributed by atoms with Crippen LogP contribution in [0.4, 0.5) is 11.5 Å². The van der Waals surface area contributed by atoms with Crippen molar-refractivity contribution < 1.29 is 4.79 Å². The van der Waals surface area contributed by atoms with E-state index in [1.54, 1.807) is 24.3 Å². The van der Waals surface area contributed by atoms with Gasteiger partial charge in [0.25, 0.3) is 5.91 Å². The zero-order valence-electron chi connectivity index (χ0n) is 11.2. The number of nitrogens with one attached hydrogen (secondary N) is 2. The predicted molar refractivity (Wildman–Crippen MR) is 83.6 cm³/mol. The van der Waals surface area contributed by atoms with Crippen LogP contribution < -0.4 is 16.6 Å². The van der Waals surface area contributed by atoms with E-state index >= 15 is 0 Å². The molecule has 0 saturated heterocycles. The van der Waals surface area contributed by atoms with Gasteiger partial charge in [-0.15, -0.1) is 0 Å². The summed E-state index contributed by atoms with van der Waals surface area (Å²) in [6.07, 6.45) is 0. The van der Waals surface area contributed by atoms with E-state index in [0.717, 1.165) is 21.4 Å². The number of nitrogen functional groups attached to an aromatic ring is 1. The van der Waals surface area contributed by atoms with Crippen LogP contribution in [0.2, 0.25) is 0 Å². The van der Waals surface area contributed by atoms with Gasteiger partial charge in [-0.05, 0) is 65.7 Å². The zero-order valence-corrected chi connectivity index (χ0v) is 12.8. The van der Waals surface area contributed by atoms with Gasteiger partial charge in [0.2, 0.25) is 0 Å². The maximum absolute atomic E-state index is 12.1. The molecular formula is C14H15BrN4O. The minimum atomic E-state index is -0.203. The van der Waals surface area contributed by atoms with E-state index in [9.17, 15) is 4.79 Å². The van der Waals surface area contributed by atoms with E-state index in [1.807, 2.05) is 19.9 Å². The predicted octanol–water partition coefficient (Wildman–Crippen LogP) is 3.00. The van der Waals surface area contributed by atoms with E-state index in [4.69, 9.17) is 5.84 Å². The van der Waals surface area contributed by atoms with E-state index in [0.29, 0.717) is 11.4 Å². The van der Waals surface area contributed by atoms with Crippen molar-refractivity contribution in [1.29, 1.82) is 0 Å². The first-order valence-electron chi connectivity index (χ1n) is 6.03. The Morgan fingerprint density at radius 3 is 2.60 bits per heavy atom. The van der Waals surface area contributed by atoms with E-state index < -0.39 is 0 Å². The van der Waals surface area contributed by atoms with Crippen molar-refractivity contribution in [3.05, 3.63) is 51.6 Å². The summed E-state index contributed by atoms with van der Waals surface area (Å²) < 4.78 is 0.907. The Morgan fingerprint density at radius 1 is 1.25 bits per heavy atom. The molecule has 0 atom stereocenters. The van der Waals surface area contributed by atoms with Crippen molar-refractivity contribution >= 4 is 33.3 Å². The standard InChI is InChI=1S/C14H15BrN4O/c1-8-7-10(3-5-12(8)19-16)14(20)18-13-6-4-11(15)9(2)17-13/h3-7,19H,16H2,1-2H3,(H,17,18,20). The maximum Gasteiger partial charge on any atom is 0.256 e. The van der Waals surface area contributed by atoms with Crippen LogP contribution in [0.1, 0.15) is 21.6 Å². The number of anilines is 2. The van der Waals surface area contributed by atoms with Gasteiger partial charge >= 0.3 is 0 Å². The van der Waals surface area contributed by atoms with Gasteiger partial charge in [-0.25, -0.2) is 4.98 Å². The summed E-state index contributed by atoms with van der Waals surface area (Å²) in [4.78, 5) is 16.4. The lowest BCUT2D eigenvalue weighted by Gasteiger charge is -2.09. The second-order valence-electron chi connectivity index (χ2n) is 4.39. The average Bonchev–Trinajstić information content (AvgIpc) is 2.42. The number of aryl methyl sites for hydroxylation is 2. The Kier molecular flexibility index (Phi) is 4.36. The van der Waals surface area contributed by atoms with Crippen LogP contribution >= 0.6 is 15.9 Å². The van der Waals surface area contributed by atoms with Crippen LogP contribution in [0.3, 0.4) is 0 Å². The van der Waals surface area contributed by atoms with Gasteiger partial charge in [-0.1, -0.05) is 0 Å². The fourth-order valence-corrected chi connectivity index (χ4v) is 1.99. The molecule has 0 fully saturated rings. The topological polar surface area (TPSA) is 80.0 Å². The van der Waals surface area contributed by atoms with Crippen LogP contribution in [-0.4, -0.2) is 10.9 Å². The van der Waals surface area contributed by atoms with E-state index in [-0.39, 0.29) is 5.91 Å². The van der Waals surface area contributed by atoms with Gasteiger partial charge in [0, 0.05) is 10.0 Å². The van der Waals surface area contributed by atoms with Crippen molar-refractivity contribution in [2.24, 2.45) is 5.84 Å². The van der Waals surface area contributed by atoms with Gasteiger partial charge in [0.05, 0.1) is 11.4 Å². The highest BCUT2D eigenvalue weighted by atomic mass is 79.9. The molecule has 2 aromatic rings. The van der Waals surface area contributed by atoms with Gasteiger partial charge in [-0.2, -0.15) is 0 Å². The van der Waals surface area contributed by atoms with Crippen LogP contribution in [-0.2, 0) is 0 Å². The second kappa shape index (κ2) is 6.02. The number of carbonyl (C=O) groups is 1. The summed E-state index contributed by atoms with van der Waals surface area (Å²) in [6, 6.07) is 8.85. The molecule has 0 saturated carbocycles. The molecule has 0 aliphatic carbocycles. The molecule has 2 rings (SSSR count). The fraction of sp³-hybridized carbons (Fsp3) is 0.143. The number of rotatable bonds is 3. The lowest BCUT2D eigenvalue weighted by Crippen LogP contribution is -2.14. The molecule has 4 N–H and O–H groups in total. The number of carbonyl (C=O) groups excluding carboxylic acids is 1. The molecule has 5 nitrogen and oxygen atoms in total. The molecule has 1 aromatic carbocycles. The number of nitrogens with zero attached hydrogens (tertiary/aromatic N) is 1. The third-order valence-electron chi connectivity index (χ3n) is 2.91. The highest BCUT2D eigenvalue weighted by Gasteiger charge is 2.09. The number of halogens is 1. The molecule has 0 aliphatic heterocycles. The van der Waals surface area contributed by atoms with Gasteiger partial charge in [0.15, 0.2) is 0 Å².